The lowest BCUT2D eigenvalue weighted by Crippen LogP contribution is -2.54. The van der Waals surface area contributed by atoms with Crippen molar-refractivity contribution in [3.05, 3.63) is 30.3 Å². The first kappa shape index (κ1) is 13.4. The monoisotopic (exact) mass is 324 g/mol. The topological polar surface area (TPSA) is 18.5 Å². The summed E-state index contributed by atoms with van der Waals surface area (Å²) in [5, 5.41) is 0. The Bertz CT molecular complexity index is 400. The third-order valence-corrected chi connectivity index (χ3v) is 5.92. The molecule has 0 aromatic heterocycles. The van der Waals surface area contributed by atoms with Crippen LogP contribution < -0.4 is 4.74 Å². The van der Waals surface area contributed by atoms with Crippen molar-refractivity contribution in [1.29, 1.82) is 0 Å². The number of halogens is 1. The van der Waals surface area contributed by atoms with Crippen molar-refractivity contribution < 1.29 is 9.47 Å². The van der Waals surface area contributed by atoms with Gasteiger partial charge in [0, 0.05) is 10.2 Å². The minimum absolute atomic E-state index is 0.437. The number of rotatable bonds is 5. The standard InChI is InChI=1S/C16H21BrO2/c17-14-12-15(16(14)8-4-5-9-16)19-11-10-18-13-6-2-1-3-7-13/h1-3,6-7,14-15H,4-5,8-12H2. The molecule has 0 radical (unpaired) electrons. The highest BCUT2D eigenvalue weighted by Crippen LogP contribution is 2.57. The zero-order valence-corrected chi connectivity index (χ0v) is 12.8. The molecule has 2 aliphatic rings. The van der Waals surface area contributed by atoms with E-state index in [1.54, 1.807) is 0 Å². The van der Waals surface area contributed by atoms with Crippen molar-refractivity contribution >= 4 is 15.9 Å². The van der Waals surface area contributed by atoms with Crippen molar-refractivity contribution in [3.8, 4) is 5.75 Å². The van der Waals surface area contributed by atoms with E-state index in [1.807, 2.05) is 30.3 Å². The van der Waals surface area contributed by atoms with E-state index in [2.05, 4.69) is 15.9 Å². The van der Waals surface area contributed by atoms with Crippen molar-refractivity contribution in [2.75, 3.05) is 13.2 Å². The minimum Gasteiger partial charge on any atom is -0.491 e. The highest BCUT2D eigenvalue weighted by molar-refractivity contribution is 9.09. The molecule has 3 rings (SSSR count). The van der Waals surface area contributed by atoms with Crippen molar-refractivity contribution in [2.45, 2.75) is 43.0 Å². The molecule has 1 spiro atoms. The summed E-state index contributed by atoms with van der Waals surface area (Å²) >= 11 is 3.82. The van der Waals surface area contributed by atoms with E-state index in [9.17, 15) is 0 Å². The third-order valence-electron chi connectivity index (χ3n) is 4.63. The van der Waals surface area contributed by atoms with Crippen LogP contribution in [0, 0.1) is 5.41 Å². The molecule has 2 unspecified atom stereocenters. The van der Waals surface area contributed by atoms with Crippen LogP contribution in [0.15, 0.2) is 30.3 Å². The van der Waals surface area contributed by atoms with E-state index in [-0.39, 0.29) is 0 Å². The largest absolute Gasteiger partial charge is 0.491 e. The molecule has 2 nitrogen and oxygen atoms in total. The van der Waals surface area contributed by atoms with Gasteiger partial charge in [-0.25, -0.2) is 0 Å². The molecule has 0 saturated heterocycles. The predicted molar refractivity (Wildman–Crippen MR) is 79.9 cm³/mol. The van der Waals surface area contributed by atoms with E-state index in [4.69, 9.17) is 9.47 Å². The molecule has 0 aliphatic heterocycles. The highest BCUT2D eigenvalue weighted by Gasteiger charge is 2.55. The average Bonchev–Trinajstić information content (AvgIpc) is 2.96. The molecule has 0 heterocycles. The summed E-state index contributed by atoms with van der Waals surface area (Å²) in [7, 11) is 0. The van der Waals surface area contributed by atoms with Crippen LogP contribution in [0.2, 0.25) is 0 Å². The second-order valence-corrected chi connectivity index (χ2v) is 6.77. The maximum atomic E-state index is 6.05. The summed E-state index contributed by atoms with van der Waals surface area (Å²) in [6.07, 6.45) is 6.98. The van der Waals surface area contributed by atoms with Crippen LogP contribution in [0.1, 0.15) is 32.1 Å². The maximum absolute atomic E-state index is 6.05. The fraction of sp³-hybridized carbons (Fsp3) is 0.625. The van der Waals surface area contributed by atoms with Gasteiger partial charge in [-0.2, -0.15) is 0 Å². The van der Waals surface area contributed by atoms with Crippen LogP contribution in [0.5, 0.6) is 5.75 Å². The second kappa shape index (κ2) is 5.84. The van der Waals surface area contributed by atoms with Gasteiger partial charge < -0.3 is 9.47 Å². The van der Waals surface area contributed by atoms with Gasteiger partial charge in [0.1, 0.15) is 12.4 Å². The molecule has 0 bridgehead atoms. The lowest BCUT2D eigenvalue weighted by Gasteiger charge is -2.51. The Labute approximate surface area is 123 Å². The minimum atomic E-state index is 0.437. The predicted octanol–water partition coefficient (Wildman–Crippen LogP) is 4.18. The zero-order chi connectivity index (χ0) is 13.1. The summed E-state index contributed by atoms with van der Waals surface area (Å²) in [4.78, 5) is 0.669. The molecular weight excluding hydrogens is 304 g/mol. The molecule has 3 heteroatoms. The van der Waals surface area contributed by atoms with E-state index in [0.29, 0.717) is 29.6 Å². The number of benzene rings is 1. The Balaban J connectivity index is 1.41. The first-order valence-electron chi connectivity index (χ1n) is 7.25. The molecule has 0 amide bonds. The van der Waals surface area contributed by atoms with E-state index in [1.165, 1.54) is 25.7 Å². The molecule has 1 aromatic carbocycles. The lowest BCUT2D eigenvalue weighted by atomic mass is 9.65. The fourth-order valence-corrected chi connectivity index (χ4v) is 4.56. The van der Waals surface area contributed by atoms with Crippen LogP contribution >= 0.6 is 15.9 Å². The summed E-state index contributed by atoms with van der Waals surface area (Å²) in [5.41, 5.74) is 0.437. The van der Waals surface area contributed by atoms with Crippen molar-refractivity contribution in [1.82, 2.24) is 0 Å². The van der Waals surface area contributed by atoms with Gasteiger partial charge in [-0.1, -0.05) is 47.0 Å². The van der Waals surface area contributed by atoms with Gasteiger partial charge in [0.25, 0.3) is 0 Å². The van der Waals surface area contributed by atoms with Gasteiger partial charge in [-0.15, -0.1) is 0 Å². The van der Waals surface area contributed by atoms with Crippen LogP contribution in [-0.2, 0) is 4.74 Å². The van der Waals surface area contributed by atoms with E-state index in [0.717, 1.165) is 12.2 Å². The van der Waals surface area contributed by atoms with E-state index < -0.39 is 0 Å². The number of hydrogen-bond acceptors (Lipinski definition) is 2. The molecule has 2 fully saturated rings. The molecule has 104 valence electrons. The summed E-state index contributed by atoms with van der Waals surface area (Å²) < 4.78 is 11.7. The van der Waals surface area contributed by atoms with E-state index >= 15 is 0 Å². The molecule has 19 heavy (non-hydrogen) atoms. The van der Waals surface area contributed by atoms with Crippen LogP contribution in [-0.4, -0.2) is 24.1 Å². The van der Waals surface area contributed by atoms with Crippen LogP contribution in [0.3, 0.4) is 0 Å². The summed E-state index contributed by atoms with van der Waals surface area (Å²) in [6, 6.07) is 9.94. The number of alkyl halides is 1. The van der Waals surface area contributed by atoms with Crippen molar-refractivity contribution in [2.24, 2.45) is 5.41 Å². The first-order chi connectivity index (χ1) is 9.31. The normalized spacial score (nSPS) is 28.3. The number of para-hydroxylation sites is 1. The van der Waals surface area contributed by atoms with Gasteiger partial charge in [0.15, 0.2) is 0 Å². The molecule has 0 N–H and O–H groups in total. The Kier molecular flexibility index (Phi) is 4.13. The molecule has 2 saturated carbocycles. The maximum Gasteiger partial charge on any atom is 0.119 e. The van der Waals surface area contributed by atoms with Crippen LogP contribution in [0.25, 0.3) is 0 Å². The Morgan fingerprint density at radius 1 is 1.11 bits per heavy atom. The zero-order valence-electron chi connectivity index (χ0n) is 11.2. The summed E-state index contributed by atoms with van der Waals surface area (Å²) in [6.45, 7) is 1.34. The Morgan fingerprint density at radius 2 is 1.84 bits per heavy atom. The molecule has 2 aliphatic carbocycles. The SMILES string of the molecule is BrC1CC(OCCOc2ccccc2)C12CCCC2. The molecule has 1 aromatic rings. The Hall–Kier alpha value is -0.540. The summed E-state index contributed by atoms with van der Waals surface area (Å²) in [5.74, 6) is 0.925. The van der Waals surface area contributed by atoms with Gasteiger partial charge >= 0.3 is 0 Å². The quantitative estimate of drug-likeness (QED) is 0.597. The van der Waals surface area contributed by atoms with Gasteiger partial charge in [-0.3, -0.25) is 0 Å². The Morgan fingerprint density at radius 3 is 2.53 bits per heavy atom. The highest BCUT2D eigenvalue weighted by atomic mass is 79.9. The van der Waals surface area contributed by atoms with Gasteiger partial charge in [0.2, 0.25) is 0 Å². The molecule has 2 atom stereocenters. The van der Waals surface area contributed by atoms with Gasteiger partial charge in [0.05, 0.1) is 12.7 Å². The third kappa shape index (κ3) is 2.68. The number of ether oxygens (including phenoxy) is 2. The second-order valence-electron chi connectivity index (χ2n) is 5.66. The average molecular weight is 325 g/mol. The lowest BCUT2D eigenvalue weighted by molar-refractivity contribution is -0.105. The molecular formula is C16H21BrO2. The van der Waals surface area contributed by atoms with Crippen LogP contribution in [0.4, 0.5) is 0 Å². The van der Waals surface area contributed by atoms with Crippen molar-refractivity contribution in [3.63, 3.8) is 0 Å². The number of hydrogen-bond donors (Lipinski definition) is 0. The fourth-order valence-electron chi connectivity index (χ4n) is 3.47. The first-order valence-corrected chi connectivity index (χ1v) is 8.16. The van der Waals surface area contributed by atoms with Gasteiger partial charge in [-0.05, 0) is 31.4 Å². The smallest absolute Gasteiger partial charge is 0.119 e.